The highest BCUT2D eigenvalue weighted by atomic mass is 32.2. The van der Waals surface area contributed by atoms with E-state index >= 15 is 0 Å². The van der Waals surface area contributed by atoms with Gasteiger partial charge in [-0.1, -0.05) is 36.4 Å². The van der Waals surface area contributed by atoms with Crippen LogP contribution in [0.2, 0.25) is 0 Å². The summed E-state index contributed by atoms with van der Waals surface area (Å²) in [6, 6.07) is 20.8. The number of nitrogens with zero attached hydrogens (tertiary/aromatic N) is 5. The average molecular weight is 756 g/mol. The largest absolute Gasteiger partial charge is 0.378 e. The summed E-state index contributed by atoms with van der Waals surface area (Å²) in [5.74, 6) is 0.311. The number of benzene rings is 3. The van der Waals surface area contributed by atoms with Crippen LogP contribution in [0.5, 0.6) is 0 Å². The molecule has 282 valence electrons. The van der Waals surface area contributed by atoms with Gasteiger partial charge in [-0.15, -0.1) is 16.2 Å². The molecule has 0 spiro atoms. The zero-order valence-corrected chi connectivity index (χ0v) is 31.8. The lowest BCUT2D eigenvalue weighted by molar-refractivity contribution is -0.384. The molecule has 1 heterocycles. The Bertz CT molecular complexity index is 1780. The van der Waals surface area contributed by atoms with Crippen molar-refractivity contribution in [2.24, 2.45) is 10.1 Å². The highest BCUT2D eigenvalue weighted by molar-refractivity contribution is 7.99. The SMILES string of the molecule is COC1(Cc2ccccc2F)CCC(N2CCN(C(N)=NS(=O)(=O)c3ccc(N[C@H](CCN(C)C)CSc4ccccc4)c([N+](=O)[O-])c3)CC2)CC1. The van der Waals surface area contributed by atoms with Gasteiger partial charge in [-0.05, 0) is 88.6 Å². The van der Waals surface area contributed by atoms with Crippen LogP contribution in [0.3, 0.4) is 0 Å². The quantitative estimate of drug-likeness (QED) is 0.0672. The third kappa shape index (κ3) is 10.4. The number of halogens is 1. The van der Waals surface area contributed by atoms with Crippen molar-refractivity contribution in [1.29, 1.82) is 0 Å². The van der Waals surface area contributed by atoms with Gasteiger partial charge in [0, 0.05) is 68.5 Å². The zero-order valence-electron chi connectivity index (χ0n) is 30.1. The Morgan fingerprint density at radius 2 is 1.77 bits per heavy atom. The van der Waals surface area contributed by atoms with Crippen molar-refractivity contribution in [3.63, 3.8) is 0 Å². The predicted octanol–water partition coefficient (Wildman–Crippen LogP) is 5.45. The second-order valence-electron chi connectivity index (χ2n) is 13.8. The Kier molecular flexibility index (Phi) is 13.5. The van der Waals surface area contributed by atoms with Crippen molar-refractivity contribution in [2.75, 3.05) is 65.0 Å². The number of anilines is 1. The summed E-state index contributed by atoms with van der Waals surface area (Å²) in [4.78, 5) is 18.6. The third-order valence-corrected chi connectivity index (χ3v) is 12.5. The van der Waals surface area contributed by atoms with Crippen LogP contribution in [0.1, 0.15) is 37.7 Å². The van der Waals surface area contributed by atoms with Crippen LogP contribution < -0.4 is 11.1 Å². The summed E-state index contributed by atoms with van der Waals surface area (Å²) in [5, 5.41) is 15.5. The van der Waals surface area contributed by atoms with Gasteiger partial charge in [0.1, 0.15) is 11.5 Å². The minimum Gasteiger partial charge on any atom is -0.378 e. The Hall–Kier alpha value is -3.76. The topological polar surface area (TPSA) is 147 Å². The molecule has 1 atom stereocenters. The highest BCUT2D eigenvalue weighted by Gasteiger charge is 2.38. The summed E-state index contributed by atoms with van der Waals surface area (Å²) in [6.07, 6.45) is 4.70. The number of hydrogen-bond acceptors (Lipinski definition) is 9. The monoisotopic (exact) mass is 755 g/mol. The number of nitrogens with two attached hydrogens (primary N) is 1. The first kappa shape index (κ1) is 39.4. The van der Waals surface area contributed by atoms with E-state index in [9.17, 15) is 22.9 Å². The molecule has 1 aliphatic carbocycles. The van der Waals surface area contributed by atoms with Gasteiger partial charge < -0.3 is 25.6 Å². The molecule has 15 heteroatoms. The molecule has 3 aromatic carbocycles. The Morgan fingerprint density at radius 1 is 1.10 bits per heavy atom. The first-order valence-corrected chi connectivity index (χ1v) is 20.1. The predicted molar refractivity (Wildman–Crippen MR) is 205 cm³/mol. The van der Waals surface area contributed by atoms with Crippen molar-refractivity contribution in [1.82, 2.24) is 14.7 Å². The van der Waals surface area contributed by atoms with E-state index in [4.69, 9.17) is 10.5 Å². The van der Waals surface area contributed by atoms with E-state index in [-0.39, 0.29) is 34.1 Å². The lowest BCUT2D eigenvalue weighted by Crippen LogP contribution is -2.55. The molecule has 0 aromatic heterocycles. The molecule has 1 saturated carbocycles. The molecule has 2 aliphatic rings. The number of nitro benzene ring substituents is 1. The summed E-state index contributed by atoms with van der Waals surface area (Å²) in [5.41, 5.74) is 6.41. The average Bonchev–Trinajstić information content (AvgIpc) is 3.14. The van der Waals surface area contributed by atoms with Gasteiger partial charge in [0.25, 0.3) is 15.7 Å². The van der Waals surface area contributed by atoms with E-state index in [2.05, 4.69) is 14.6 Å². The molecule has 5 rings (SSSR count). The van der Waals surface area contributed by atoms with Crippen LogP contribution in [0.25, 0.3) is 0 Å². The number of methoxy groups -OCH3 is 1. The number of piperazine rings is 1. The molecule has 0 unspecified atom stereocenters. The van der Waals surface area contributed by atoms with Gasteiger partial charge in [0.15, 0.2) is 0 Å². The van der Waals surface area contributed by atoms with Crippen LogP contribution in [0.4, 0.5) is 15.8 Å². The number of guanidine groups is 1. The highest BCUT2D eigenvalue weighted by Crippen LogP contribution is 2.37. The van der Waals surface area contributed by atoms with Gasteiger partial charge in [0.2, 0.25) is 5.96 Å². The Balaban J connectivity index is 1.19. The molecule has 0 radical (unpaired) electrons. The second-order valence-corrected chi connectivity index (χ2v) is 16.5. The number of hydrogen-bond donors (Lipinski definition) is 2. The number of thioether (sulfide) groups is 1. The van der Waals surface area contributed by atoms with E-state index in [1.165, 1.54) is 18.2 Å². The lowest BCUT2D eigenvalue weighted by atomic mass is 9.77. The fourth-order valence-corrected chi connectivity index (χ4v) is 8.94. The van der Waals surface area contributed by atoms with Crippen LogP contribution >= 0.6 is 11.8 Å². The van der Waals surface area contributed by atoms with Crippen molar-refractivity contribution in [3.8, 4) is 0 Å². The molecule has 0 bridgehead atoms. The number of rotatable bonds is 15. The third-order valence-electron chi connectivity index (χ3n) is 10.1. The number of sulfonamides is 1. The fraction of sp³-hybridized carbons (Fsp3) is 0.486. The summed E-state index contributed by atoms with van der Waals surface area (Å²) >= 11 is 1.65. The van der Waals surface area contributed by atoms with Crippen LogP contribution in [0, 0.1) is 15.9 Å². The standard InChI is InChI=1S/C37H50FN7O5S2/c1-42(2)20-17-29(27-51-31-10-5-4-6-11-31)40-34-14-13-32(25-35(34)45(46)47)52(48,49)41-36(39)44-23-21-43(22-24-44)30-15-18-37(50-3,19-16-30)26-28-9-7-8-12-33(28)38/h4-14,25,29-30,40H,15-24,26-27H2,1-3H3,(H2,39,41)/t29-,30?,37?/m1/s1. The molecule has 2 fully saturated rings. The van der Waals surface area contributed by atoms with Gasteiger partial charge in [-0.25, -0.2) is 4.39 Å². The molecule has 52 heavy (non-hydrogen) atoms. The normalized spacial score (nSPS) is 20.9. The lowest BCUT2D eigenvalue weighted by Gasteiger charge is -2.45. The smallest absolute Gasteiger partial charge is 0.293 e. The van der Waals surface area contributed by atoms with Gasteiger partial charge >= 0.3 is 0 Å². The molecule has 1 aliphatic heterocycles. The molecule has 12 nitrogen and oxygen atoms in total. The second kappa shape index (κ2) is 17.8. The van der Waals surface area contributed by atoms with E-state index in [0.717, 1.165) is 49.6 Å². The maximum atomic E-state index is 14.4. The maximum absolute atomic E-state index is 14.4. The van der Waals surface area contributed by atoms with E-state index < -0.39 is 20.5 Å². The Labute approximate surface area is 310 Å². The van der Waals surface area contributed by atoms with E-state index in [1.54, 1.807) is 29.8 Å². The Morgan fingerprint density at radius 3 is 2.40 bits per heavy atom. The molecular formula is C37H50FN7O5S2. The minimum absolute atomic E-state index is 0.115. The van der Waals surface area contributed by atoms with Crippen LogP contribution in [-0.4, -0.2) is 111 Å². The van der Waals surface area contributed by atoms with Crippen molar-refractivity contribution < 1.29 is 22.5 Å². The van der Waals surface area contributed by atoms with Crippen molar-refractivity contribution in [2.45, 2.75) is 66.0 Å². The summed E-state index contributed by atoms with van der Waals surface area (Å²) < 4.78 is 51.0. The van der Waals surface area contributed by atoms with Gasteiger partial charge in [-0.3, -0.25) is 15.0 Å². The molecular weight excluding hydrogens is 706 g/mol. The zero-order chi connectivity index (χ0) is 37.3. The van der Waals surface area contributed by atoms with Gasteiger partial charge in [-0.2, -0.15) is 8.42 Å². The van der Waals surface area contributed by atoms with Crippen molar-refractivity contribution >= 4 is 39.1 Å². The molecule has 1 saturated heterocycles. The molecule has 3 N–H and O–H groups in total. The van der Waals surface area contributed by atoms with Gasteiger partial charge in [0.05, 0.1) is 15.4 Å². The van der Waals surface area contributed by atoms with E-state index in [0.29, 0.717) is 50.0 Å². The fourth-order valence-electron chi connectivity index (χ4n) is 6.98. The first-order valence-electron chi connectivity index (χ1n) is 17.6. The molecule has 3 aromatic rings. The number of nitro groups is 1. The molecule has 0 amide bonds. The van der Waals surface area contributed by atoms with Crippen LogP contribution in [0.15, 0.2) is 87.0 Å². The summed E-state index contributed by atoms with van der Waals surface area (Å²) in [6.45, 7) is 3.10. The first-order chi connectivity index (χ1) is 24.9. The number of ether oxygens (including phenoxy) is 1. The maximum Gasteiger partial charge on any atom is 0.293 e. The minimum atomic E-state index is -4.33. The summed E-state index contributed by atoms with van der Waals surface area (Å²) in [7, 11) is 1.31. The number of nitrogens with one attached hydrogen (secondary N) is 1. The van der Waals surface area contributed by atoms with E-state index in [1.807, 2.05) is 61.5 Å². The van der Waals surface area contributed by atoms with Crippen molar-refractivity contribution in [3.05, 3.63) is 94.3 Å². The van der Waals surface area contributed by atoms with Crippen LogP contribution in [-0.2, 0) is 21.2 Å².